The molecule has 0 aliphatic rings. The molecule has 3 aromatic rings. The molecule has 0 saturated carbocycles. The highest BCUT2D eigenvalue weighted by Crippen LogP contribution is 2.32. The maximum Gasteiger partial charge on any atom is 0.0505 e. The minimum atomic E-state index is -1.00. The lowest BCUT2D eigenvalue weighted by atomic mass is 10.0. The van der Waals surface area contributed by atoms with Gasteiger partial charge in [-0.25, -0.2) is 0 Å². The van der Waals surface area contributed by atoms with Gasteiger partial charge in [0.15, 0.2) is 0 Å². The van der Waals surface area contributed by atoms with E-state index in [2.05, 4.69) is 17.1 Å². The van der Waals surface area contributed by atoms with E-state index in [4.69, 9.17) is 0 Å². The zero-order valence-corrected chi connectivity index (χ0v) is 10.8. The van der Waals surface area contributed by atoms with Crippen LogP contribution in [0.3, 0.4) is 0 Å². The van der Waals surface area contributed by atoms with Crippen LogP contribution < -0.4 is 0 Å². The first-order valence-corrected chi connectivity index (χ1v) is 7.32. The Morgan fingerprint density at radius 1 is 1.00 bits per heavy atom. The normalized spacial score (nSPS) is 12.7. The van der Waals surface area contributed by atoms with Gasteiger partial charge in [-0.1, -0.05) is 30.3 Å². The average molecular weight is 255 g/mol. The summed E-state index contributed by atoms with van der Waals surface area (Å²) in [6, 6.07) is 16.1. The smallest absolute Gasteiger partial charge is 0.0505 e. The standard InChI is InChI=1S/C15H13NOS/c1-18(17)14-9-8-11-5-2-3-6-12(11)15(14)13-7-4-10-16-13/h2-10,16H,1H3. The molecule has 0 spiro atoms. The summed E-state index contributed by atoms with van der Waals surface area (Å²) < 4.78 is 11.9. The summed E-state index contributed by atoms with van der Waals surface area (Å²) in [4.78, 5) is 4.08. The van der Waals surface area contributed by atoms with Gasteiger partial charge in [0.05, 0.1) is 10.8 Å². The second kappa shape index (κ2) is 4.42. The molecule has 0 aliphatic carbocycles. The second-order valence-electron chi connectivity index (χ2n) is 4.20. The first kappa shape index (κ1) is 11.2. The van der Waals surface area contributed by atoms with E-state index in [1.54, 1.807) is 6.26 Å². The van der Waals surface area contributed by atoms with Gasteiger partial charge < -0.3 is 4.98 Å². The fraction of sp³-hybridized carbons (Fsp3) is 0.0667. The largest absolute Gasteiger partial charge is 0.361 e. The Kier molecular flexibility index (Phi) is 2.76. The molecule has 2 nitrogen and oxygen atoms in total. The summed E-state index contributed by atoms with van der Waals surface area (Å²) in [7, 11) is -1.00. The van der Waals surface area contributed by atoms with E-state index < -0.39 is 10.8 Å². The molecule has 90 valence electrons. The number of benzene rings is 2. The molecule has 1 atom stereocenters. The molecular formula is C15H13NOS. The zero-order chi connectivity index (χ0) is 12.5. The molecule has 1 aromatic heterocycles. The maximum atomic E-state index is 11.9. The Bertz CT molecular complexity index is 716. The van der Waals surface area contributed by atoms with Crippen LogP contribution >= 0.6 is 0 Å². The molecule has 1 unspecified atom stereocenters. The average Bonchev–Trinajstić information content (AvgIpc) is 2.90. The van der Waals surface area contributed by atoms with E-state index >= 15 is 0 Å². The summed E-state index contributed by atoms with van der Waals surface area (Å²) in [6.07, 6.45) is 3.61. The van der Waals surface area contributed by atoms with E-state index in [1.807, 2.05) is 42.6 Å². The third kappa shape index (κ3) is 1.77. The van der Waals surface area contributed by atoms with Crippen molar-refractivity contribution in [2.75, 3.05) is 6.26 Å². The van der Waals surface area contributed by atoms with Crippen LogP contribution in [-0.4, -0.2) is 15.4 Å². The van der Waals surface area contributed by atoms with Crippen molar-refractivity contribution in [1.82, 2.24) is 4.98 Å². The third-order valence-electron chi connectivity index (χ3n) is 3.07. The van der Waals surface area contributed by atoms with Crippen molar-refractivity contribution in [3.05, 3.63) is 54.7 Å². The number of rotatable bonds is 2. The zero-order valence-electron chi connectivity index (χ0n) is 10.0. The minimum absolute atomic E-state index is 0.871. The summed E-state index contributed by atoms with van der Waals surface area (Å²) in [5.41, 5.74) is 2.05. The third-order valence-corrected chi connectivity index (χ3v) is 4.03. The Morgan fingerprint density at radius 2 is 1.83 bits per heavy atom. The highest BCUT2D eigenvalue weighted by molar-refractivity contribution is 7.84. The molecule has 3 rings (SSSR count). The lowest BCUT2D eigenvalue weighted by Gasteiger charge is -2.10. The number of H-pyrrole nitrogens is 1. The molecule has 0 aliphatic heterocycles. The monoisotopic (exact) mass is 255 g/mol. The van der Waals surface area contributed by atoms with Crippen molar-refractivity contribution < 1.29 is 4.21 Å². The fourth-order valence-corrected chi connectivity index (χ4v) is 3.02. The summed E-state index contributed by atoms with van der Waals surface area (Å²) in [5.74, 6) is 0. The van der Waals surface area contributed by atoms with Gasteiger partial charge in [-0.05, 0) is 29.0 Å². The van der Waals surface area contributed by atoms with Crippen LogP contribution in [0.25, 0.3) is 22.0 Å². The fourth-order valence-electron chi connectivity index (χ4n) is 2.25. The van der Waals surface area contributed by atoms with E-state index in [0.29, 0.717) is 0 Å². The van der Waals surface area contributed by atoms with Crippen molar-refractivity contribution >= 4 is 21.6 Å². The molecule has 0 bridgehead atoms. The summed E-state index contributed by atoms with van der Waals surface area (Å²) >= 11 is 0. The Morgan fingerprint density at radius 3 is 2.56 bits per heavy atom. The predicted molar refractivity (Wildman–Crippen MR) is 76.1 cm³/mol. The minimum Gasteiger partial charge on any atom is -0.361 e. The number of hydrogen-bond donors (Lipinski definition) is 1. The van der Waals surface area contributed by atoms with E-state index in [-0.39, 0.29) is 0 Å². The second-order valence-corrected chi connectivity index (χ2v) is 5.55. The first-order chi connectivity index (χ1) is 8.77. The Hall–Kier alpha value is -1.87. The quantitative estimate of drug-likeness (QED) is 0.746. The van der Waals surface area contributed by atoms with Crippen molar-refractivity contribution in [1.29, 1.82) is 0 Å². The van der Waals surface area contributed by atoms with E-state index in [1.165, 1.54) is 0 Å². The van der Waals surface area contributed by atoms with Crippen LogP contribution in [0.5, 0.6) is 0 Å². The number of nitrogens with one attached hydrogen (secondary N) is 1. The van der Waals surface area contributed by atoms with Crippen LogP contribution in [0, 0.1) is 0 Å². The molecule has 0 radical (unpaired) electrons. The van der Waals surface area contributed by atoms with Gasteiger partial charge in [0.25, 0.3) is 0 Å². The highest BCUT2D eigenvalue weighted by Gasteiger charge is 2.12. The molecule has 3 heteroatoms. The summed E-state index contributed by atoms with van der Waals surface area (Å²) in [5, 5.41) is 2.30. The molecule has 1 N–H and O–H groups in total. The van der Waals surface area contributed by atoms with Crippen LogP contribution in [0.4, 0.5) is 0 Å². The number of hydrogen-bond acceptors (Lipinski definition) is 1. The first-order valence-electron chi connectivity index (χ1n) is 5.76. The van der Waals surface area contributed by atoms with Gasteiger partial charge in [-0.3, -0.25) is 4.21 Å². The van der Waals surface area contributed by atoms with Gasteiger partial charge in [0.1, 0.15) is 0 Å². The topological polar surface area (TPSA) is 32.9 Å². The van der Waals surface area contributed by atoms with Crippen molar-refractivity contribution in [3.8, 4) is 11.3 Å². The molecule has 1 heterocycles. The van der Waals surface area contributed by atoms with Crippen LogP contribution in [0.15, 0.2) is 59.6 Å². The Balaban J connectivity index is 2.43. The molecule has 0 saturated heterocycles. The molecular weight excluding hydrogens is 242 g/mol. The van der Waals surface area contributed by atoms with Gasteiger partial charge in [0, 0.05) is 28.6 Å². The van der Waals surface area contributed by atoms with Crippen LogP contribution in [-0.2, 0) is 10.8 Å². The Labute approximate surface area is 108 Å². The van der Waals surface area contributed by atoms with Gasteiger partial charge in [0.2, 0.25) is 0 Å². The van der Waals surface area contributed by atoms with Gasteiger partial charge >= 0.3 is 0 Å². The van der Waals surface area contributed by atoms with Gasteiger partial charge in [-0.2, -0.15) is 0 Å². The lowest BCUT2D eigenvalue weighted by Crippen LogP contribution is -1.93. The number of fused-ring (bicyclic) bond motifs is 1. The lowest BCUT2D eigenvalue weighted by molar-refractivity contribution is 0.687. The van der Waals surface area contributed by atoms with Crippen LogP contribution in [0.1, 0.15) is 0 Å². The van der Waals surface area contributed by atoms with Crippen molar-refractivity contribution in [2.45, 2.75) is 4.90 Å². The predicted octanol–water partition coefficient (Wildman–Crippen LogP) is 3.57. The van der Waals surface area contributed by atoms with Crippen molar-refractivity contribution in [3.63, 3.8) is 0 Å². The maximum absolute atomic E-state index is 11.9. The van der Waals surface area contributed by atoms with E-state index in [9.17, 15) is 4.21 Å². The van der Waals surface area contributed by atoms with Crippen LogP contribution in [0.2, 0.25) is 0 Å². The van der Waals surface area contributed by atoms with Gasteiger partial charge in [-0.15, -0.1) is 0 Å². The molecule has 0 fully saturated rings. The van der Waals surface area contributed by atoms with E-state index in [0.717, 1.165) is 26.9 Å². The molecule has 18 heavy (non-hydrogen) atoms. The number of aromatic nitrogens is 1. The molecule has 0 amide bonds. The number of aromatic amines is 1. The summed E-state index contributed by atoms with van der Waals surface area (Å²) in [6.45, 7) is 0. The SMILES string of the molecule is CS(=O)c1ccc2ccccc2c1-c1ccc[nH]1. The highest BCUT2D eigenvalue weighted by atomic mass is 32.2. The van der Waals surface area contributed by atoms with Crippen molar-refractivity contribution in [2.24, 2.45) is 0 Å². The molecule has 2 aromatic carbocycles.